The highest BCUT2D eigenvalue weighted by Crippen LogP contribution is 2.65. The number of hydrogen-bond acceptors (Lipinski definition) is 0. The summed E-state index contributed by atoms with van der Waals surface area (Å²) in [6, 6.07) is 22.9. The third-order valence-electron chi connectivity index (χ3n) is 10.1. The Balaban J connectivity index is 1.40. The molecule has 0 aliphatic heterocycles. The van der Waals surface area contributed by atoms with Crippen molar-refractivity contribution in [2.24, 2.45) is 17.8 Å². The van der Waals surface area contributed by atoms with Gasteiger partial charge in [-0.2, -0.15) is 0 Å². The monoisotopic (exact) mass is 566 g/mol. The van der Waals surface area contributed by atoms with E-state index >= 15 is 0 Å². The van der Waals surface area contributed by atoms with E-state index in [4.69, 9.17) is 0 Å². The van der Waals surface area contributed by atoms with Crippen LogP contribution in [0.25, 0.3) is 0 Å². The molecule has 4 aliphatic carbocycles. The Hall–Kier alpha value is -1.74. The van der Waals surface area contributed by atoms with E-state index in [1.807, 2.05) is 0 Å². The number of hydrogen-bond donors (Lipinski definition) is 0. The summed E-state index contributed by atoms with van der Waals surface area (Å²) in [7, 11) is -0.575. The second-order valence-corrected chi connectivity index (χ2v) is 17.9. The lowest BCUT2D eigenvalue weighted by atomic mass is 9.88. The highest BCUT2D eigenvalue weighted by Gasteiger charge is 2.43. The molecule has 210 valence electrons. The lowest BCUT2D eigenvalue weighted by molar-refractivity contribution is 0.423. The van der Waals surface area contributed by atoms with E-state index in [2.05, 4.69) is 110 Å². The molecule has 3 atom stereocenters. The van der Waals surface area contributed by atoms with Crippen LogP contribution in [0.1, 0.15) is 77.6 Å². The van der Waals surface area contributed by atoms with Gasteiger partial charge in [0.25, 0.3) is 0 Å². The van der Waals surface area contributed by atoms with Crippen LogP contribution in [0.15, 0.2) is 109 Å². The summed E-state index contributed by atoms with van der Waals surface area (Å²) in [4.78, 5) is 0. The Morgan fingerprint density at radius 1 is 0.650 bits per heavy atom. The van der Waals surface area contributed by atoms with Gasteiger partial charge < -0.3 is 0 Å². The Kier molecular flexibility index (Phi) is 9.90. The summed E-state index contributed by atoms with van der Waals surface area (Å²) in [6.07, 6.45) is 33.3. The summed E-state index contributed by atoms with van der Waals surface area (Å²) in [5, 5.41) is 4.75. The first kappa shape index (κ1) is 28.4. The zero-order valence-corrected chi connectivity index (χ0v) is 26.2. The molecule has 2 aromatic rings. The van der Waals surface area contributed by atoms with Crippen molar-refractivity contribution in [3.8, 4) is 0 Å². The molecule has 2 heteroatoms. The summed E-state index contributed by atoms with van der Waals surface area (Å²) in [5.74, 6) is 1.89. The average Bonchev–Trinajstić information content (AvgIpc) is 3.73. The predicted molar refractivity (Wildman–Crippen MR) is 180 cm³/mol. The SMILES string of the molecule is C[C@@H](C[C@@H](C1C=CC=C1P(c1ccccc1)c1ccccc1)P(C1CCCCC1)C1CCCCC1)C1C=CC=C1. The zero-order valence-electron chi connectivity index (χ0n) is 24.5. The summed E-state index contributed by atoms with van der Waals surface area (Å²) < 4.78 is 0. The van der Waals surface area contributed by atoms with Crippen molar-refractivity contribution in [1.82, 2.24) is 0 Å². The molecular formula is C38H48P2. The molecule has 2 aromatic carbocycles. The molecule has 0 N–H and O–H groups in total. The molecule has 2 fully saturated rings. The minimum atomic E-state index is -0.538. The lowest BCUT2D eigenvalue weighted by Crippen LogP contribution is -2.33. The first-order valence-electron chi connectivity index (χ1n) is 16.2. The molecule has 2 saturated carbocycles. The van der Waals surface area contributed by atoms with E-state index in [0.717, 1.165) is 17.0 Å². The summed E-state index contributed by atoms with van der Waals surface area (Å²) in [5.41, 5.74) is 2.75. The number of rotatable bonds is 10. The van der Waals surface area contributed by atoms with E-state index in [-0.39, 0.29) is 7.92 Å². The van der Waals surface area contributed by atoms with Crippen LogP contribution in [0.3, 0.4) is 0 Å². The normalized spacial score (nSPS) is 23.8. The fraction of sp³-hybridized carbons (Fsp3) is 0.474. The Labute approximate surface area is 246 Å². The Bertz CT molecular complexity index is 1110. The van der Waals surface area contributed by atoms with E-state index in [1.54, 1.807) is 5.31 Å². The van der Waals surface area contributed by atoms with Crippen LogP contribution in [0.5, 0.6) is 0 Å². The topological polar surface area (TPSA) is 0 Å². The molecule has 0 heterocycles. The predicted octanol–water partition coefficient (Wildman–Crippen LogP) is 10.5. The summed E-state index contributed by atoms with van der Waals surface area (Å²) >= 11 is 0. The molecule has 0 nitrogen and oxygen atoms in total. The average molecular weight is 567 g/mol. The lowest BCUT2D eigenvalue weighted by Gasteiger charge is -2.47. The third-order valence-corrected chi connectivity index (χ3v) is 16.7. The van der Waals surface area contributed by atoms with Crippen molar-refractivity contribution in [2.75, 3.05) is 0 Å². The van der Waals surface area contributed by atoms with E-state index in [0.29, 0.717) is 17.8 Å². The fourth-order valence-corrected chi connectivity index (χ4v) is 15.6. The van der Waals surface area contributed by atoms with Crippen LogP contribution in [-0.4, -0.2) is 17.0 Å². The maximum Gasteiger partial charge on any atom is 0.00996 e. The van der Waals surface area contributed by atoms with Gasteiger partial charge in [-0.15, -0.1) is 0 Å². The molecule has 0 saturated heterocycles. The molecule has 4 aliphatic rings. The van der Waals surface area contributed by atoms with Crippen LogP contribution in [-0.2, 0) is 0 Å². The Morgan fingerprint density at radius 2 is 1.18 bits per heavy atom. The molecular weight excluding hydrogens is 518 g/mol. The zero-order chi connectivity index (χ0) is 27.1. The molecule has 0 bridgehead atoms. The van der Waals surface area contributed by atoms with Crippen LogP contribution in [0.2, 0.25) is 0 Å². The van der Waals surface area contributed by atoms with E-state index in [9.17, 15) is 0 Å². The quantitative estimate of drug-likeness (QED) is 0.251. The van der Waals surface area contributed by atoms with Crippen molar-refractivity contribution < 1.29 is 0 Å². The van der Waals surface area contributed by atoms with Crippen molar-refractivity contribution in [1.29, 1.82) is 0 Å². The smallest absolute Gasteiger partial charge is 0.00996 e. The number of benzene rings is 2. The van der Waals surface area contributed by atoms with Gasteiger partial charge in [0.1, 0.15) is 0 Å². The van der Waals surface area contributed by atoms with Crippen LogP contribution in [0.4, 0.5) is 0 Å². The van der Waals surface area contributed by atoms with Gasteiger partial charge in [-0.1, -0.05) is 157 Å². The molecule has 0 radical (unpaired) electrons. The van der Waals surface area contributed by atoms with Gasteiger partial charge in [-0.05, 0) is 84.8 Å². The van der Waals surface area contributed by atoms with Crippen LogP contribution >= 0.6 is 15.8 Å². The minimum absolute atomic E-state index is 0.0374. The van der Waals surface area contributed by atoms with Gasteiger partial charge in [0, 0.05) is 5.92 Å². The molecule has 0 amide bonds. The first-order valence-corrected chi connectivity index (χ1v) is 19.1. The molecule has 0 spiro atoms. The highest BCUT2D eigenvalue weighted by atomic mass is 31.1. The molecule has 40 heavy (non-hydrogen) atoms. The van der Waals surface area contributed by atoms with Gasteiger partial charge in [0.2, 0.25) is 0 Å². The van der Waals surface area contributed by atoms with E-state index in [1.165, 1.54) is 81.2 Å². The molecule has 0 aromatic heterocycles. The second-order valence-electron chi connectivity index (χ2n) is 12.7. The van der Waals surface area contributed by atoms with Gasteiger partial charge in [-0.3, -0.25) is 0 Å². The van der Waals surface area contributed by atoms with Crippen molar-refractivity contribution in [3.63, 3.8) is 0 Å². The van der Waals surface area contributed by atoms with Crippen molar-refractivity contribution in [3.05, 3.63) is 109 Å². The number of allylic oxidation sites excluding steroid dienone is 8. The maximum atomic E-state index is 2.66. The van der Waals surface area contributed by atoms with Crippen LogP contribution < -0.4 is 10.6 Å². The molecule has 6 rings (SSSR count). The molecule has 1 unspecified atom stereocenters. The van der Waals surface area contributed by atoms with Crippen LogP contribution in [0, 0.1) is 17.8 Å². The Morgan fingerprint density at radius 3 is 1.70 bits per heavy atom. The maximum absolute atomic E-state index is 2.66. The van der Waals surface area contributed by atoms with Crippen molar-refractivity contribution >= 4 is 26.5 Å². The highest BCUT2D eigenvalue weighted by molar-refractivity contribution is 7.76. The largest absolute Gasteiger partial charge is 0.0962 e. The minimum Gasteiger partial charge on any atom is -0.0962 e. The van der Waals surface area contributed by atoms with Gasteiger partial charge in [0.15, 0.2) is 0 Å². The van der Waals surface area contributed by atoms with Gasteiger partial charge in [0.05, 0.1) is 0 Å². The standard InChI is InChI=1S/C38H48P2/c1-30(31-17-14-15-18-31)29-38(40(34-23-10-4-11-24-34)35-25-12-5-13-26-35)36-27-16-28-37(36)39(32-19-6-2-7-20-32)33-21-8-3-9-22-33/h2-3,6-9,14-22,27-28,30-31,34-36,38H,4-5,10-13,23-26,29H2,1H3/t30-,36?,38-/m0/s1. The van der Waals surface area contributed by atoms with E-state index < -0.39 is 7.92 Å². The van der Waals surface area contributed by atoms with Crippen molar-refractivity contribution in [2.45, 2.75) is 94.5 Å². The van der Waals surface area contributed by atoms with Gasteiger partial charge >= 0.3 is 0 Å². The van der Waals surface area contributed by atoms with Gasteiger partial charge in [-0.25, -0.2) is 0 Å². The fourth-order valence-electron chi connectivity index (χ4n) is 8.05. The third kappa shape index (κ3) is 6.50. The first-order chi connectivity index (χ1) is 19.8. The summed E-state index contributed by atoms with van der Waals surface area (Å²) in [6.45, 7) is 2.56. The second kappa shape index (κ2) is 14.0.